The zero-order valence-corrected chi connectivity index (χ0v) is 10.7. The lowest BCUT2D eigenvalue weighted by Gasteiger charge is -2.12. The quantitative estimate of drug-likeness (QED) is 0.787. The van der Waals surface area contributed by atoms with Gasteiger partial charge in [0.25, 0.3) is 0 Å². The molecule has 0 unspecified atom stereocenters. The number of hydrogen-bond acceptors (Lipinski definition) is 3. The van der Waals surface area contributed by atoms with E-state index < -0.39 is 0 Å². The third-order valence-electron chi connectivity index (χ3n) is 3.03. The Morgan fingerprint density at radius 2 is 2.11 bits per heavy atom. The van der Waals surface area contributed by atoms with E-state index in [-0.39, 0.29) is 0 Å². The summed E-state index contributed by atoms with van der Waals surface area (Å²) in [6, 6.07) is 8.12. The highest BCUT2D eigenvalue weighted by Gasteiger charge is 2.18. The number of nitrogens with zero attached hydrogens (tertiary/aromatic N) is 4. The van der Waals surface area contributed by atoms with Crippen LogP contribution in [0.2, 0.25) is 0 Å². The topological polar surface area (TPSA) is 42.5 Å². The van der Waals surface area contributed by atoms with Gasteiger partial charge < -0.3 is 4.57 Å². The second kappa shape index (κ2) is 4.37. The van der Waals surface area contributed by atoms with Crippen LogP contribution in [0.4, 0.5) is 5.69 Å². The summed E-state index contributed by atoms with van der Waals surface area (Å²) in [7, 11) is 0. The Bertz CT molecular complexity index is 596. The highest BCUT2D eigenvalue weighted by molar-refractivity contribution is 5.75. The van der Waals surface area contributed by atoms with Crippen LogP contribution in [0.25, 0.3) is 11.3 Å². The molecule has 0 fully saturated rings. The fourth-order valence-electron chi connectivity index (χ4n) is 2.32. The van der Waals surface area contributed by atoms with E-state index in [0.29, 0.717) is 12.5 Å². The Balaban J connectivity index is 2.18. The van der Waals surface area contributed by atoms with Gasteiger partial charge in [0.15, 0.2) is 0 Å². The van der Waals surface area contributed by atoms with Crippen molar-refractivity contribution >= 4 is 5.69 Å². The summed E-state index contributed by atoms with van der Waals surface area (Å²) in [5.74, 6) is 0.590. The smallest absolute Gasteiger partial charge is 0.105 e. The molecule has 0 atom stereocenters. The largest absolute Gasteiger partial charge is 0.330 e. The third-order valence-corrected chi connectivity index (χ3v) is 3.03. The molecular formula is C14H16N4. The molecular weight excluding hydrogens is 224 g/mol. The Morgan fingerprint density at radius 1 is 1.28 bits per heavy atom. The number of fused-ring (bicyclic) bond motifs is 3. The molecule has 0 radical (unpaired) electrons. The maximum Gasteiger partial charge on any atom is 0.105 e. The van der Waals surface area contributed by atoms with Gasteiger partial charge in [-0.3, -0.25) is 0 Å². The summed E-state index contributed by atoms with van der Waals surface area (Å²) in [5, 5.41) is 8.46. The SMILES string of the molecule is CC(C)Cn1cnc2c1-c1ccccc1N=NC2. The van der Waals surface area contributed by atoms with Crippen LogP contribution in [-0.4, -0.2) is 9.55 Å². The van der Waals surface area contributed by atoms with E-state index in [0.717, 1.165) is 23.5 Å². The number of aromatic nitrogens is 2. The lowest BCUT2D eigenvalue weighted by atomic mass is 10.1. The van der Waals surface area contributed by atoms with E-state index in [4.69, 9.17) is 0 Å². The second-order valence-electron chi connectivity index (χ2n) is 5.00. The molecule has 2 heterocycles. The van der Waals surface area contributed by atoms with Crippen molar-refractivity contribution in [1.82, 2.24) is 9.55 Å². The number of benzene rings is 1. The molecule has 0 amide bonds. The summed E-state index contributed by atoms with van der Waals surface area (Å²) in [4.78, 5) is 4.48. The van der Waals surface area contributed by atoms with Gasteiger partial charge in [0.2, 0.25) is 0 Å². The van der Waals surface area contributed by atoms with Crippen LogP contribution in [0.3, 0.4) is 0 Å². The number of hydrogen-bond donors (Lipinski definition) is 0. The summed E-state index contributed by atoms with van der Waals surface area (Å²) in [6.07, 6.45) is 1.92. The Hall–Kier alpha value is -1.97. The molecule has 18 heavy (non-hydrogen) atoms. The molecule has 0 saturated heterocycles. The van der Waals surface area contributed by atoms with Gasteiger partial charge in [-0.15, -0.1) is 0 Å². The number of rotatable bonds is 2. The van der Waals surface area contributed by atoms with Crippen molar-refractivity contribution in [2.75, 3.05) is 0 Å². The fraction of sp³-hybridized carbons (Fsp3) is 0.357. The van der Waals surface area contributed by atoms with Crippen LogP contribution in [0.1, 0.15) is 19.5 Å². The zero-order valence-electron chi connectivity index (χ0n) is 10.7. The van der Waals surface area contributed by atoms with Crippen LogP contribution in [0, 0.1) is 5.92 Å². The predicted molar refractivity (Wildman–Crippen MR) is 70.7 cm³/mol. The zero-order chi connectivity index (χ0) is 12.5. The van der Waals surface area contributed by atoms with Crippen molar-refractivity contribution in [1.29, 1.82) is 0 Å². The lowest BCUT2D eigenvalue weighted by molar-refractivity contribution is 0.526. The van der Waals surface area contributed by atoms with Crippen LogP contribution in [0.5, 0.6) is 0 Å². The third kappa shape index (κ3) is 1.83. The van der Waals surface area contributed by atoms with Crippen molar-refractivity contribution in [2.45, 2.75) is 26.9 Å². The molecule has 4 heteroatoms. The summed E-state index contributed by atoms with van der Waals surface area (Å²) >= 11 is 0. The molecule has 0 spiro atoms. The highest BCUT2D eigenvalue weighted by Crippen LogP contribution is 2.35. The monoisotopic (exact) mass is 240 g/mol. The minimum Gasteiger partial charge on any atom is -0.330 e. The van der Waals surface area contributed by atoms with Gasteiger partial charge in [-0.2, -0.15) is 10.2 Å². The molecule has 1 aliphatic heterocycles. The summed E-state index contributed by atoms with van der Waals surface area (Å²) in [6.45, 7) is 5.96. The van der Waals surface area contributed by atoms with Gasteiger partial charge in [0.1, 0.15) is 6.54 Å². The molecule has 0 N–H and O–H groups in total. The second-order valence-corrected chi connectivity index (χ2v) is 5.00. The maximum atomic E-state index is 4.48. The highest BCUT2D eigenvalue weighted by atomic mass is 15.1. The van der Waals surface area contributed by atoms with Gasteiger partial charge in [0.05, 0.1) is 23.4 Å². The van der Waals surface area contributed by atoms with Crippen molar-refractivity contribution in [2.24, 2.45) is 16.1 Å². The molecule has 0 saturated carbocycles. The van der Waals surface area contributed by atoms with Gasteiger partial charge >= 0.3 is 0 Å². The van der Waals surface area contributed by atoms with Gasteiger partial charge in [-0.25, -0.2) is 4.98 Å². The standard InChI is InChI=1S/C14H16N4/c1-10(2)8-18-9-15-13-7-16-17-12-6-4-3-5-11(12)14(13)18/h3-6,9-10H,7-8H2,1-2H3. The Kier molecular flexibility index (Phi) is 2.70. The molecule has 3 rings (SSSR count). The Morgan fingerprint density at radius 3 is 2.94 bits per heavy atom. The molecule has 1 aliphatic rings. The van der Waals surface area contributed by atoms with Gasteiger partial charge in [-0.05, 0) is 12.0 Å². The van der Waals surface area contributed by atoms with Crippen LogP contribution < -0.4 is 0 Å². The summed E-state index contributed by atoms with van der Waals surface area (Å²) < 4.78 is 2.22. The molecule has 92 valence electrons. The molecule has 4 nitrogen and oxygen atoms in total. The predicted octanol–water partition coefficient (Wildman–Crippen LogP) is 3.80. The molecule has 0 bridgehead atoms. The van der Waals surface area contributed by atoms with E-state index in [9.17, 15) is 0 Å². The van der Waals surface area contributed by atoms with Crippen molar-refractivity contribution < 1.29 is 0 Å². The average Bonchev–Trinajstić information content (AvgIpc) is 2.63. The number of imidazole rings is 1. The van der Waals surface area contributed by atoms with Gasteiger partial charge in [0, 0.05) is 12.1 Å². The summed E-state index contributed by atoms with van der Waals surface area (Å²) in [5.41, 5.74) is 4.25. The minimum atomic E-state index is 0.565. The first kappa shape index (κ1) is 11.1. The minimum absolute atomic E-state index is 0.565. The maximum absolute atomic E-state index is 4.48. The first-order valence-corrected chi connectivity index (χ1v) is 6.26. The van der Waals surface area contributed by atoms with E-state index in [1.54, 1.807) is 0 Å². The Labute approximate surface area is 106 Å². The number of azo groups is 1. The normalized spacial score (nSPS) is 13.3. The van der Waals surface area contributed by atoms with Crippen LogP contribution >= 0.6 is 0 Å². The molecule has 0 aliphatic carbocycles. The van der Waals surface area contributed by atoms with E-state index in [1.165, 1.54) is 5.69 Å². The lowest BCUT2D eigenvalue weighted by Crippen LogP contribution is -2.05. The molecule has 1 aromatic heterocycles. The van der Waals surface area contributed by atoms with Gasteiger partial charge in [-0.1, -0.05) is 32.0 Å². The molecule has 2 aromatic rings. The fourth-order valence-corrected chi connectivity index (χ4v) is 2.32. The van der Waals surface area contributed by atoms with Crippen molar-refractivity contribution in [3.8, 4) is 11.3 Å². The van der Waals surface area contributed by atoms with Crippen molar-refractivity contribution in [3.63, 3.8) is 0 Å². The van der Waals surface area contributed by atoms with Crippen LogP contribution in [-0.2, 0) is 13.1 Å². The van der Waals surface area contributed by atoms with Crippen LogP contribution in [0.15, 0.2) is 40.8 Å². The van der Waals surface area contributed by atoms with E-state index in [2.05, 4.69) is 39.7 Å². The van der Waals surface area contributed by atoms with E-state index in [1.807, 2.05) is 24.5 Å². The average molecular weight is 240 g/mol. The first-order chi connectivity index (χ1) is 8.75. The first-order valence-electron chi connectivity index (χ1n) is 6.26. The van der Waals surface area contributed by atoms with E-state index >= 15 is 0 Å². The molecule has 1 aromatic carbocycles. The van der Waals surface area contributed by atoms with Crippen molar-refractivity contribution in [3.05, 3.63) is 36.3 Å².